The Labute approximate surface area is 292 Å². The van der Waals surface area contributed by atoms with Crippen molar-refractivity contribution in [2.45, 2.75) is 52.4 Å². The molecule has 0 bridgehead atoms. The molecule has 1 saturated carbocycles. The second-order valence-electron chi connectivity index (χ2n) is 12.5. The van der Waals surface area contributed by atoms with Crippen molar-refractivity contribution >= 4 is 50.2 Å². The Morgan fingerprint density at radius 1 is 1.08 bits per heavy atom. The molecule has 2 amide bonds. The van der Waals surface area contributed by atoms with Gasteiger partial charge < -0.3 is 19.7 Å². The second-order valence-corrected chi connectivity index (χ2v) is 13.4. The van der Waals surface area contributed by atoms with Gasteiger partial charge in [0.05, 0.1) is 31.9 Å². The minimum Gasteiger partial charge on any atom is -0.377 e. The van der Waals surface area contributed by atoms with Gasteiger partial charge in [0.1, 0.15) is 34.5 Å². The average Bonchev–Trinajstić information content (AvgIpc) is 3.34. The largest absolute Gasteiger partial charge is 0.377 e. The molecule has 1 saturated heterocycles. The molecule has 49 heavy (non-hydrogen) atoms. The normalized spacial score (nSPS) is 21.0. The van der Waals surface area contributed by atoms with Gasteiger partial charge in [0.25, 0.3) is 0 Å². The number of piperidine rings is 1. The van der Waals surface area contributed by atoms with E-state index in [9.17, 15) is 14.4 Å². The highest BCUT2D eigenvalue weighted by Gasteiger charge is 2.72. The number of Topliss-reactive ketones (excluding diaryl/α,β-unsaturated/α-hetero) is 1. The minimum atomic E-state index is -0.786. The zero-order valence-electron chi connectivity index (χ0n) is 27.7. The third-order valence-corrected chi connectivity index (χ3v) is 9.87. The summed E-state index contributed by atoms with van der Waals surface area (Å²) in [4.78, 5) is 55.9. The van der Waals surface area contributed by atoms with Crippen LogP contribution in [0.2, 0.25) is 0 Å². The van der Waals surface area contributed by atoms with Crippen LogP contribution in [0, 0.1) is 18.3 Å². The lowest BCUT2D eigenvalue weighted by Crippen LogP contribution is -2.47. The molecule has 6 rings (SSSR count). The Morgan fingerprint density at radius 3 is 2.53 bits per heavy atom. The van der Waals surface area contributed by atoms with Crippen molar-refractivity contribution in [2.24, 2.45) is 11.3 Å². The second kappa shape index (κ2) is 14.1. The number of aryl methyl sites for hydroxylation is 1. The average molecular weight is 729 g/mol. The van der Waals surface area contributed by atoms with Crippen LogP contribution in [0.3, 0.4) is 0 Å². The standard InChI is InChI=1S/C36H38BrN7O5/c1-6-12-48-19-25-9-11-30(37)40-34(25)41-35(47)29-15-36(20-49-13-7-2)21(3)33(36)44(29)31(46)18-43-28-10-8-24(26-16-38-23(5)39-17-26)14-27(28)32(42-43)22(4)45/h6-11,14,16-17,21,29,33H,1-2,12-13,15,18-20H2,3-5H3,(H,40,41,47)/t21-,29+,33+,36+/m1/s1. The van der Waals surface area contributed by atoms with Crippen molar-refractivity contribution < 1.29 is 23.9 Å². The van der Waals surface area contributed by atoms with E-state index >= 15 is 0 Å². The summed E-state index contributed by atoms with van der Waals surface area (Å²) in [5, 5.41) is 8.18. The minimum absolute atomic E-state index is 0.110. The molecule has 4 atom stereocenters. The van der Waals surface area contributed by atoms with E-state index in [1.54, 1.807) is 40.2 Å². The number of carbonyl (C=O) groups excluding carboxylic acids is 3. The van der Waals surface area contributed by atoms with Gasteiger partial charge >= 0.3 is 0 Å². The lowest BCUT2D eigenvalue weighted by molar-refractivity contribution is -0.138. The summed E-state index contributed by atoms with van der Waals surface area (Å²) in [6, 6.07) is 8.20. The maximum absolute atomic E-state index is 14.3. The van der Waals surface area contributed by atoms with Crippen LogP contribution in [0.15, 0.2) is 72.6 Å². The summed E-state index contributed by atoms with van der Waals surface area (Å²) < 4.78 is 13.6. The van der Waals surface area contributed by atoms with E-state index in [0.29, 0.717) is 59.0 Å². The molecule has 1 aromatic carbocycles. The molecule has 254 valence electrons. The monoisotopic (exact) mass is 727 g/mol. The molecule has 12 nitrogen and oxygen atoms in total. The summed E-state index contributed by atoms with van der Waals surface area (Å²) >= 11 is 3.40. The number of amides is 2. The van der Waals surface area contributed by atoms with Crippen molar-refractivity contribution in [3.63, 3.8) is 0 Å². The Balaban J connectivity index is 1.31. The van der Waals surface area contributed by atoms with E-state index in [1.807, 2.05) is 31.2 Å². The van der Waals surface area contributed by atoms with Crippen molar-refractivity contribution in [3.05, 3.63) is 89.7 Å². The summed E-state index contributed by atoms with van der Waals surface area (Å²) in [6.45, 7) is 13.9. The van der Waals surface area contributed by atoms with Gasteiger partial charge in [-0.1, -0.05) is 31.2 Å². The predicted molar refractivity (Wildman–Crippen MR) is 188 cm³/mol. The first-order valence-corrected chi connectivity index (χ1v) is 16.8. The number of likely N-dealkylation sites (tertiary alicyclic amines) is 1. The third kappa shape index (κ3) is 6.70. The molecule has 13 heteroatoms. The first kappa shape index (κ1) is 34.3. The lowest BCUT2D eigenvalue weighted by Gasteiger charge is -2.28. The van der Waals surface area contributed by atoms with E-state index in [1.165, 1.54) is 6.92 Å². The third-order valence-electron chi connectivity index (χ3n) is 9.43. The summed E-state index contributed by atoms with van der Waals surface area (Å²) in [5.74, 6) is 0.245. The highest BCUT2D eigenvalue weighted by atomic mass is 79.9. The fraction of sp³-hybridized carbons (Fsp3) is 0.361. The zero-order chi connectivity index (χ0) is 34.9. The van der Waals surface area contributed by atoms with Crippen molar-refractivity contribution in [3.8, 4) is 11.1 Å². The molecule has 1 aliphatic heterocycles. The molecule has 0 unspecified atom stereocenters. The van der Waals surface area contributed by atoms with Crippen LogP contribution < -0.4 is 5.32 Å². The number of carbonyl (C=O) groups is 3. The molecule has 0 spiro atoms. The SMILES string of the molecule is C=CCOCc1ccc(Br)nc1NC(=O)[C@@H]1C[C@]2(COCC=C)[C@H](C)[C@@H]2N1C(=O)Cn1nc(C(C)=O)c2cc(-c3cnc(C)nc3)ccc21. The first-order valence-electron chi connectivity index (χ1n) is 16.0. The van der Waals surface area contributed by atoms with Crippen LogP contribution in [0.1, 0.15) is 42.1 Å². The van der Waals surface area contributed by atoms with Crippen molar-refractivity contribution in [1.82, 2.24) is 29.6 Å². The van der Waals surface area contributed by atoms with Gasteiger partial charge in [-0.3, -0.25) is 19.1 Å². The van der Waals surface area contributed by atoms with Gasteiger partial charge in [-0.25, -0.2) is 15.0 Å². The Morgan fingerprint density at radius 2 is 1.82 bits per heavy atom. The van der Waals surface area contributed by atoms with E-state index in [4.69, 9.17) is 9.47 Å². The highest BCUT2D eigenvalue weighted by Crippen LogP contribution is 2.64. The number of anilines is 1. The number of pyridine rings is 1. The molecule has 2 fully saturated rings. The number of rotatable bonds is 14. The van der Waals surface area contributed by atoms with Gasteiger partial charge in [0.15, 0.2) is 5.78 Å². The fourth-order valence-corrected chi connectivity index (χ4v) is 7.25. The van der Waals surface area contributed by atoms with Gasteiger partial charge in [-0.05, 0) is 59.0 Å². The molecule has 3 aromatic heterocycles. The Bertz CT molecular complexity index is 1940. The molecule has 4 aromatic rings. The van der Waals surface area contributed by atoms with Gasteiger partial charge in [-0.15, -0.1) is 13.2 Å². The molecular formula is C36H38BrN7O5. The predicted octanol–water partition coefficient (Wildman–Crippen LogP) is 5.31. The van der Waals surface area contributed by atoms with Crippen LogP contribution in [0.5, 0.6) is 0 Å². The number of hydrogen-bond acceptors (Lipinski definition) is 9. The maximum atomic E-state index is 14.3. The van der Waals surface area contributed by atoms with E-state index in [0.717, 1.165) is 11.1 Å². The topological polar surface area (TPSA) is 141 Å². The maximum Gasteiger partial charge on any atom is 0.248 e. The number of ketones is 1. The van der Waals surface area contributed by atoms with E-state index in [2.05, 4.69) is 61.4 Å². The van der Waals surface area contributed by atoms with E-state index in [-0.39, 0.29) is 53.8 Å². The molecule has 2 aliphatic rings. The lowest BCUT2D eigenvalue weighted by atomic mass is 9.96. The molecule has 0 radical (unpaired) electrons. The number of aromatic nitrogens is 5. The first-order chi connectivity index (χ1) is 23.6. The van der Waals surface area contributed by atoms with Crippen LogP contribution in [-0.4, -0.2) is 79.1 Å². The van der Waals surface area contributed by atoms with Crippen LogP contribution in [0.25, 0.3) is 22.0 Å². The smallest absolute Gasteiger partial charge is 0.248 e. The molecular weight excluding hydrogens is 690 g/mol. The van der Waals surface area contributed by atoms with Crippen LogP contribution in [0.4, 0.5) is 5.82 Å². The Kier molecular flexibility index (Phi) is 9.87. The quantitative estimate of drug-likeness (QED) is 0.0792. The number of ether oxygens (including phenoxy) is 2. The summed E-state index contributed by atoms with van der Waals surface area (Å²) in [5.41, 5.74) is 2.81. The summed E-state index contributed by atoms with van der Waals surface area (Å²) in [7, 11) is 0. The number of fused-ring (bicyclic) bond motifs is 2. The van der Waals surface area contributed by atoms with Gasteiger partial charge in [-0.2, -0.15) is 5.10 Å². The number of nitrogens with zero attached hydrogens (tertiary/aromatic N) is 6. The molecule has 1 N–H and O–H groups in total. The van der Waals surface area contributed by atoms with Crippen LogP contribution >= 0.6 is 15.9 Å². The van der Waals surface area contributed by atoms with Gasteiger partial charge in [0.2, 0.25) is 11.8 Å². The summed E-state index contributed by atoms with van der Waals surface area (Å²) in [6.07, 6.45) is 7.21. The van der Waals surface area contributed by atoms with Crippen molar-refractivity contribution in [2.75, 3.05) is 25.1 Å². The highest BCUT2D eigenvalue weighted by molar-refractivity contribution is 9.10. The Hall–Kier alpha value is -4.59. The number of hydrogen-bond donors (Lipinski definition) is 1. The number of halogens is 1. The van der Waals surface area contributed by atoms with Crippen LogP contribution in [-0.2, 0) is 32.2 Å². The zero-order valence-corrected chi connectivity index (χ0v) is 29.3. The van der Waals surface area contributed by atoms with Gasteiger partial charge in [0, 0.05) is 47.3 Å². The van der Waals surface area contributed by atoms with E-state index < -0.39 is 6.04 Å². The van der Waals surface area contributed by atoms with Crippen molar-refractivity contribution in [1.29, 1.82) is 0 Å². The molecule has 1 aliphatic carbocycles. The molecule has 4 heterocycles. The number of benzene rings is 1. The fourth-order valence-electron chi connectivity index (χ4n) is 6.94. The number of nitrogens with one attached hydrogen (secondary N) is 1.